The molecule has 0 fully saturated rings. The number of para-hydroxylation sites is 1. The molecule has 1 unspecified atom stereocenters. The average molecular weight is 348 g/mol. The standard InChI is InChI=1S/C16H14BrNOS/c1-10-8-13(12-4-2-3-5-14(12)18-10)15(19)9-11-6-7-16(17)20-11/h2-8,15,19H,9H2,1H3. The van der Waals surface area contributed by atoms with Crippen LogP contribution in [-0.2, 0) is 6.42 Å². The molecule has 0 saturated heterocycles. The summed E-state index contributed by atoms with van der Waals surface area (Å²) in [7, 11) is 0. The summed E-state index contributed by atoms with van der Waals surface area (Å²) >= 11 is 5.12. The second-order valence-corrected chi connectivity index (χ2v) is 7.34. The Labute approximate surface area is 130 Å². The summed E-state index contributed by atoms with van der Waals surface area (Å²) in [6.07, 6.45) is 0.121. The first-order chi connectivity index (χ1) is 9.63. The molecule has 0 spiro atoms. The summed E-state index contributed by atoms with van der Waals surface area (Å²) in [5.41, 5.74) is 2.83. The van der Waals surface area contributed by atoms with Crippen molar-refractivity contribution in [2.75, 3.05) is 0 Å². The van der Waals surface area contributed by atoms with Gasteiger partial charge >= 0.3 is 0 Å². The van der Waals surface area contributed by atoms with Crippen molar-refractivity contribution in [1.82, 2.24) is 4.98 Å². The van der Waals surface area contributed by atoms with Crippen LogP contribution in [0.2, 0.25) is 0 Å². The molecule has 1 atom stereocenters. The summed E-state index contributed by atoms with van der Waals surface area (Å²) in [6, 6.07) is 14.0. The van der Waals surface area contributed by atoms with Crippen LogP contribution in [0.15, 0.2) is 46.3 Å². The van der Waals surface area contributed by atoms with Gasteiger partial charge < -0.3 is 5.11 Å². The van der Waals surface area contributed by atoms with E-state index in [9.17, 15) is 5.11 Å². The Morgan fingerprint density at radius 3 is 2.80 bits per heavy atom. The van der Waals surface area contributed by atoms with Gasteiger partial charge in [-0.1, -0.05) is 18.2 Å². The zero-order valence-corrected chi connectivity index (χ0v) is 13.4. The lowest BCUT2D eigenvalue weighted by molar-refractivity contribution is 0.181. The number of rotatable bonds is 3. The Morgan fingerprint density at radius 1 is 1.25 bits per heavy atom. The molecule has 4 heteroatoms. The fourth-order valence-electron chi connectivity index (χ4n) is 2.38. The van der Waals surface area contributed by atoms with Gasteiger partial charge in [-0.15, -0.1) is 11.3 Å². The lowest BCUT2D eigenvalue weighted by Crippen LogP contribution is -2.03. The largest absolute Gasteiger partial charge is 0.388 e. The quantitative estimate of drug-likeness (QED) is 0.748. The molecule has 102 valence electrons. The minimum absolute atomic E-state index is 0.507. The van der Waals surface area contributed by atoms with Crippen LogP contribution in [0.1, 0.15) is 22.2 Å². The van der Waals surface area contributed by atoms with Gasteiger partial charge in [0, 0.05) is 22.4 Å². The molecule has 0 aliphatic carbocycles. The molecule has 0 aliphatic heterocycles. The van der Waals surface area contributed by atoms with Crippen molar-refractivity contribution < 1.29 is 5.11 Å². The van der Waals surface area contributed by atoms with Crippen LogP contribution in [0.4, 0.5) is 0 Å². The fourth-order valence-corrected chi connectivity index (χ4v) is 3.90. The number of thiophene rings is 1. The third-order valence-corrected chi connectivity index (χ3v) is 4.90. The van der Waals surface area contributed by atoms with Gasteiger partial charge in [0.2, 0.25) is 0 Å². The van der Waals surface area contributed by atoms with Crippen molar-refractivity contribution >= 4 is 38.2 Å². The molecule has 1 N–H and O–H groups in total. The number of aliphatic hydroxyl groups excluding tert-OH is 1. The molecular weight excluding hydrogens is 334 g/mol. The predicted octanol–water partition coefficient (Wildman–Crippen LogP) is 4.64. The maximum absolute atomic E-state index is 10.6. The van der Waals surface area contributed by atoms with Gasteiger partial charge in [-0.25, -0.2) is 0 Å². The van der Waals surface area contributed by atoms with Crippen LogP contribution < -0.4 is 0 Å². The fraction of sp³-hybridized carbons (Fsp3) is 0.188. The Morgan fingerprint density at radius 2 is 2.05 bits per heavy atom. The monoisotopic (exact) mass is 347 g/mol. The maximum Gasteiger partial charge on any atom is 0.0845 e. The number of halogens is 1. The molecule has 2 aromatic heterocycles. The number of fused-ring (bicyclic) bond motifs is 1. The highest BCUT2D eigenvalue weighted by Crippen LogP contribution is 2.30. The molecule has 0 radical (unpaired) electrons. The third-order valence-electron chi connectivity index (χ3n) is 3.26. The second-order valence-electron chi connectivity index (χ2n) is 4.80. The summed E-state index contributed by atoms with van der Waals surface area (Å²) < 4.78 is 1.09. The molecule has 0 bridgehead atoms. The Bertz CT molecular complexity index is 753. The first-order valence-corrected chi connectivity index (χ1v) is 8.03. The topological polar surface area (TPSA) is 33.1 Å². The van der Waals surface area contributed by atoms with E-state index in [2.05, 4.69) is 20.9 Å². The highest BCUT2D eigenvalue weighted by atomic mass is 79.9. The van der Waals surface area contributed by atoms with Gasteiger partial charge in [0.25, 0.3) is 0 Å². The Kier molecular flexibility index (Phi) is 3.87. The van der Waals surface area contributed by atoms with Gasteiger partial charge in [-0.3, -0.25) is 4.98 Å². The number of hydrogen-bond donors (Lipinski definition) is 1. The average Bonchev–Trinajstić information content (AvgIpc) is 2.83. The van der Waals surface area contributed by atoms with E-state index in [0.717, 1.165) is 25.9 Å². The molecule has 2 heterocycles. The van der Waals surface area contributed by atoms with Crippen LogP contribution in [-0.4, -0.2) is 10.1 Å². The van der Waals surface area contributed by atoms with Gasteiger partial charge in [0.05, 0.1) is 15.4 Å². The van der Waals surface area contributed by atoms with E-state index in [4.69, 9.17) is 0 Å². The lowest BCUT2D eigenvalue weighted by atomic mass is 10.0. The number of pyridine rings is 1. The van der Waals surface area contributed by atoms with Gasteiger partial charge in [-0.2, -0.15) is 0 Å². The van der Waals surface area contributed by atoms with Crippen molar-refractivity contribution in [2.45, 2.75) is 19.4 Å². The predicted molar refractivity (Wildman–Crippen MR) is 87.2 cm³/mol. The van der Waals surface area contributed by atoms with E-state index in [-0.39, 0.29) is 0 Å². The normalized spacial score (nSPS) is 12.8. The maximum atomic E-state index is 10.6. The third kappa shape index (κ3) is 2.77. The van der Waals surface area contributed by atoms with Gasteiger partial charge in [-0.05, 0) is 52.7 Å². The summed E-state index contributed by atoms with van der Waals surface area (Å²) in [6.45, 7) is 1.96. The summed E-state index contributed by atoms with van der Waals surface area (Å²) in [4.78, 5) is 5.68. The van der Waals surface area contributed by atoms with Crippen LogP contribution in [0, 0.1) is 6.92 Å². The van der Waals surface area contributed by atoms with E-state index in [1.54, 1.807) is 11.3 Å². The van der Waals surface area contributed by atoms with Crippen molar-refractivity contribution in [1.29, 1.82) is 0 Å². The number of benzene rings is 1. The van der Waals surface area contributed by atoms with Crippen LogP contribution in [0.3, 0.4) is 0 Å². The number of nitrogens with zero attached hydrogens (tertiary/aromatic N) is 1. The highest BCUT2D eigenvalue weighted by Gasteiger charge is 2.14. The molecule has 3 aromatic rings. The number of hydrogen-bond acceptors (Lipinski definition) is 3. The van der Waals surface area contributed by atoms with E-state index in [0.29, 0.717) is 6.42 Å². The van der Waals surface area contributed by atoms with Crippen LogP contribution >= 0.6 is 27.3 Å². The Hall–Kier alpha value is -1.23. The van der Waals surface area contributed by atoms with Crippen molar-refractivity contribution in [3.63, 3.8) is 0 Å². The lowest BCUT2D eigenvalue weighted by Gasteiger charge is -2.13. The molecule has 0 aliphatic rings. The molecule has 2 nitrogen and oxygen atoms in total. The minimum atomic E-state index is -0.507. The van der Waals surface area contributed by atoms with Crippen LogP contribution in [0.5, 0.6) is 0 Å². The molecule has 20 heavy (non-hydrogen) atoms. The second kappa shape index (κ2) is 5.64. The van der Waals surface area contributed by atoms with E-state index >= 15 is 0 Å². The SMILES string of the molecule is Cc1cc(C(O)Cc2ccc(Br)s2)c2ccccc2n1. The molecule has 0 amide bonds. The highest BCUT2D eigenvalue weighted by molar-refractivity contribution is 9.11. The zero-order valence-electron chi connectivity index (χ0n) is 11.0. The van der Waals surface area contributed by atoms with E-state index in [1.807, 2.05) is 49.4 Å². The van der Waals surface area contributed by atoms with Crippen molar-refractivity contribution in [3.05, 3.63) is 62.4 Å². The number of aromatic nitrogens is 1. The first kappa shape index (κ1) is 13.7. The molecule has 0 saturated carbocycles. The van der Waals surface area contributed by atoms with Gasteiger partial charge in [0.15, 0.2) is 0 Å². The van der Waals surface area contributed by atoms with Crippen molar-refractivity contribution in [3.8, 4) is 0 Å². The van der Waals surface area contributed by atoms with Crippen LogP contribution in [0.25, 0.3) is 10.9 Å². The summed E-state index contributed by atoms with van der Waals surface area (Å²) in [5, 5.41) is 11.6. The van der Waals surface area contributed by atoms with Crippen molar-refractivity contribution in [2.24, 2.45) is 0 Å². The molecule has 3 rings (SSSR count). The Balaban J connectivity index is 2.00. The number of aryl methyl sites for hydroxylation is 1. The molecule has 1 aromatic carbocycles. The van der Waals surface area contributed by atoms with E-state index < -0.39 is 6.10 Å². The minimum Gasteiger partial charge on any atom is -0.388 e. The smallest absolute Gasteiger partial charge is 0.0845 e. The first-order valence-electron chi connectivity index (χ1n) is 6.42. The zero-order chi connectivity index (χ0) is 14.1. The van der Waals surface area contributed by atoms with E-state index in [1.165, 1.54) is 4.88 Å². The molecular formula is C16H14BrNOS. The summed E-state index contributed by atoms with van der Waals surface area (Å²) in [5.74, 6) is 0. The number of aliphatic hydroxyl groups is 1. The van der Waals surface area contributed by atoms with Gasteiger partial charge in [0.1, 0.15) is 0 Å².